The van der Waals surface area contributed by atoms with Gasteiger partial charge in [0.15, 0.2) is 0 Å². The molecule has 0 aliphatic carbocycles. The van der Waals surface area contributed by atoms with E-state index in [0.717, 1.165) is 12.8 Å². The molecular weight excluding hydrogens is 284 g/mol. The van der Waals surface area contributed by atoms with Gasteiger partial charge in [-0.1, -0.05) is 26.3 Å². The van der Waals surface area contributed by atoms with Gasteiger partial charge in [-0.2, -0.15) is 0 Å². The van der Waals surface area contributed by atoms with Crippen LogP contribution in [0.25, 0.3) is 0 Å². The lowest BCUT2D eigenvalue weighted by molar-refractivity contribution is -0.119. The molecule has 22 heavy (non-hydrogen) atoms. The number of anilines is 2. The van der Waals surface area contributed by atoms with Gasteiger partial charge in [0.1, 0.15) is 6.61 Å². The van der Waals surface area contributed by atoms with Crippen LogP contribution in [0.3, 0.4) is 0 Å². The van der Waals surface area contributed by atoms with Crippen molar-refractivity contribution in [2.75, 3.05) is 31.0 Å². The van der Waals surface area contributed by atoms with Gasteiger partial charge in [0.2, 0.25) is 5.91 Å². The summed E-state index contributed by atoms with van der Waals surface area (Å²) < 4.78 is 9.71. The van der Waals surface area contributed by atoms with Crippen molar-refractivity contribution < 1.29 is 19.1 Å². The number of rotatable bonds is 8. The molecule has 0 aromatic heterocycles. The highest BCUT2D eigenvalue weighted by Crippen LogP contribution is 2.17. The number of carbonyl (C=O) groups excluding carboxylic acids is 2. The summed E-state index contributed by atoms with van der Waals surface area (Å²) in [5, 5.41) is 5.44. The second-order valence-corrected chi connectivity index (χ2v) is 5.01. The van der Waals surface area contributed by atoms with Crippen molar-refractivity contribution in [1.82, 2.24) is 0 Å². The highest BCUT2D eigenvalue weighted by Gasteiger charge is 2.12. The quantitative estimate of drug-likeness (QED) is 0.723. The first-order chi connectivity index (χ1) is 10.6. The number of methoxy groups -OCH3 is 1. The lowest BCUT2D eigenvalue weighted by atomic mass is 10.1. The topological polar surface area (TPSA) is 76.7 Å². The summed E-state index contributed by atoms with van der Waals surface area (Å²) in [4.78, 5) is 23.5. The molecule has 2 amide bonds. The van der Waals surface area contributed by atoms with Crippen molar-refractivity contribution in [3.63, 3.8) is 0 Å². The molecule has 1 atom stereocenters. The van der Waals surface area contributed by atoms with Gasteiger partial charge in [-0.15, -0.1) is 0 Å². The standard InChI is InChI=1S/C16H24N2O4/c1-4-6-12(2)15(19)17-13-7-5-8-14(11-13)18-16(20)22-10-9-21-3/h5,7-8,11-12H,4,6,9-10H2,1-3H3,(H,17,19)(H,18,20). The minimum atomic E-state index is -0.556. The molecule has 1 aromatic rings. The van der Waals surface area contributed by atoms with Crippen LogP contribution in [0.2, 0.25) is 0 Å². The smallest absolute Gasteiger partial charge is 0.411 e. The summed E-state index contributed by atoms with van der Waals surface area (Å²) in [6.07, 6.45) is 1.25. The first-order valence-electron chi connectivity index (χ1n) is 7.40. The Morgan fingerprint density at radius 3 is 2.50 bits per heavy atom. The molecule has 0 aliphatic heterocycles. The number of benzene rings is 1. The Labute approximate surface area is 131 Å². The zero-order valence-corrected chi connectivity index (χ0v) is 13.3. The fourth-order valence-corrected chi connectivity index (χ4v) is 1.88. The van der Waals surface area contributed by atoms with E-state index in [4.69, 9.17) is 9.47 Å². The maximum atomic E-state index is 12.0. The maximum Gasteiger partial charge on any atom is 0.411 e. The van der Waals surface area contributed by atoms with Crippen molar-refractivity contribution in [3.8, 4) is 0 Å². The predicted molar refractivity (Wildman–Crippen MR) is 86.0 cm³/mol. The van der Waals surface area contributed by atoms with Gasteiger partial charge in [0, 0.05) is 24.4 Å². The Balaban J connectivity index is 2.55. The Kier molecular flexibility index (Phi) is 7.99. The van der Waals surface area contributed by atoms with Crippen LogP contribution in [0.1, 0.15) is 26.7 Å². The Bertz CT molecular complexity index is 491. The molecule has 0 aliphatic rings. The highest BCUT2D eigenvalue weighted by molar-refractivity contribution is 5.93. The lowest BCUT2D eigenvalue weighted by Gasteiger charge is -2.12. The maximum absolute atomic E-state index is 12.0. The number of ether oxygens (including phenoxy) is 2. The van der Waals surface area contributed by atoms with E-state index in [2.05, 4.69) is 10.6 Å². The van der Waals surface area contributed by atoms with Crippen LogP contribution in [0.4, 0.5) is 16.2 Å². The number of hydrogen-bond donors (Lipinski definition) is 2. The van der Waals surface area contributed by atoms with Crippen molar-refractivity contribution in [2.24, 2.45) is 5.92 Å². The molecule has 0 fully saturated rings. The van der Waals surface area contributed by atoms with E-state index in [0.29, 0.717) is 18.0 Å². The van der Waals surface area contributed by atoms with Crippen molar-refractivity contribution in [1.29, 1.82) is 0 Å². The van der Waals surface area contributed by atoms with E-state index in [1.165, 1.54) is 7.11 Å². The number of carbonyl (C=O) groups is 2. The summed E-state index contributed by atoms with van der Waals surface area (Å²) in [6.45, 7) is 4.48. The minimum absolute atomic E-state index is 0.0262. The average Bonchev–Trinajstić information content (AvgIpc) is 2.48. The van der Waals surface area contributed by atoms with Crippen molar-refractivity contribution >= 4 is 23.4 Å². The van der Waals surface area contributed by atoms with E-state index >= 15 is 0 Å². The largest absolute Gasteiger partial charge is 0.447 e. The molecule has 0 heterocycles. The molecule has 0 saturated heterocycles. The van der Waals surface area contributed by atoms with Crippen LogP contribution in [0, 0.1) is 5.92 Å². The van der Waals surface area contributed by atoms with Gasteiger partial charge in [-0.25, -0.2) is 4.79 Å². The van der Waals surface area contributed by atoms with Crippen molar-refractivity contribution in [3.05, 3.63) is 24.3 Å². The average molecular weight is 308 g/mol. The summed E-state index contributed by atoms with van der Waals surface area (Å²) in [5.74, 6) is -0.0673. The van der Waals surface area contributed by atoms with Gasteiger partial charge < -0.3 is 14.8 Å². The number of amides is 2. The summed E-state index contributed by atoms with van der Waals surface area (Å²) >= 11 is 0. The molecule has 6 nitrogen and oxygen atoms in total. The van der Waals surface area contributed by atoms with Gasteiger partial charge in [-0.3, -0.25) is 10.1 Å². The van der Waals surface area contributed by atoms with Crippen LogP contribution in [0.5, 0.6) is 0 Å². The SMILES string of the molecule is CCCC(C)C(=O)Nc1cccc(NC(=O)OCCOC)c1. The molecule has 6 heteroatoms. The van der Waals surface area contributed by atoms with Gasteiger partial charge >= 0.3 is 6.09 Å². The summed E-state index contributed by atoms with van der Waals surface area (Å²) in [7, 11) is 1.53. The number of nitrogens with one attached hydrogen (secondary N) is 2. The first-order valence-corrected chi connectivity index (χ1v) is 7.40. The minimum Gasteiger partial charge on any atom is -0.447 e. The van der Waals surface area contributed by atoms with Crippen LogP contribution in [-0.4, -0.2) is 32.3 Å². The molecule has 0 radical (unpaired) electrons. The van der Waals surface area contributed by atoms with Gasteiger partial charge in [-0.05, 0) is 24.6 Å². The number of hydrogen-bond acceptors (Lipinski definition) is 4. The predicted octanol–water partition coefficient (Wildman–Crippen LogP) is 3.26. The third-order valence-corrected chi connectivity index (χ3v) is 3.07. The molecule has 1 unspecified atom stereocenters. The fourth-order valence-electron chi connectivity index (χ4n) is 1.88. The third kappa shape index (κ3) is 6.58. The highest BCUT2D eigenvalue weighted by atomic mass is 16.6. The van der Waals surface area contributed by atoms with Crippen LogP contribution in [0.15, 0.2) is 24.3 Å². The molecular formula is C16H24N2O4. The Morgan fingerprint density at radius 1 is 1.18 bits per heavy atom. The Morgan fingerprint density at radius 2 is 1.86 bits per heavy atom. The second-order valence-electron chi connectivity index (χ2n) is 5.01. The van der Waals surface area contributed by atoms with E-state index in [1.54, 1.807) is 24.3 Å². The Hall–Kier alpha value is -2.08. The summed E-state index contributed by atoms with van der Waals surface area (Å²) in [6, 6.07) is 6.94. The van der Waals surface area contributed by atoms with E-state index in [1.807, 2.05) is 13.8 Å². The zero-order valence-electron chi connectivity index (χ0n) is 13.3. The molecule has 122 valence electrons. The van der Waals surface area contributed by atoms with E-state index in [9.17, 15) is 9.59 Å². The fraction of sp³-hybridized carbons (Fsp3) is 0.500. The first kappa shape index (κ1) is 18.0. The second kappa shape index (κ2) is 9.78. The van der Waals surface area contributed by atoms with E-state index in [-0.39, 0.29) is 18.4 Å². The normalized spacial score (nSPS) is 11.6. The molecule has 1 aromatic carbocycles. The molecule has 2 N–H and O–H groups in total. The van der Waals surface area contributed by atoms with Gasteiger partial charge in [0.05, 0.1) is 6.61 Å². The summed E-state index contributed by atoms with van der Waals surface area (Å²) in [5.41, 5.74) is 1.20. The molecule has 1 rings (SSSR count). The monoisotopic (exact) mass is 308 g/mol. The van der Waals surface area contributed by atoms with Crippen LogP contribution >= 0.6 is 0 Å². The molecule has 0 saturated carbocycles. The van der Waals surface area contributed by atoms with Crippen molar-refractivity contribution in [2.45, 2.75) is 26.7 Å². The van der Waals surface area contributed by atoms with Crippen LogP contribution < -0.4 is 10.6 Å². The zero-order chi connectivity index (χ0) is 16.4. The molecule has 0 bridgehead atoms. The third-order valence-electron chi connectivity index (χ3n) is 3.07. The lowest BCUT2D eigenvalue weighted by Crippen LogP contribution is -2.20. The molecule has 0 spiro atoms. The van der Waals surface area contributed by atoms with Gasteiger partial charge in [0.25, 0.3) is 0 Å². The van der Waals surface area contributed by atoms with E-state index < -0.39 is 6.09 Å². The van der Waals surface area contributed by atoms with Crippen LogP contribution in [-0.2, 0) is 14.3 Å².